The maximum absolute atomic E-state index is 11.7. The first-order chi connectivity index (χ1) is 10.1. The number of carbonyl (C=O) groups excluding carboxylic acids is 1. The number of esters is 1. The van der Waals surface area contributed by atoms with E-state index >= 15 is 0 Å². The third-order valence-electron chi connectivity index (χ3n) is 3.05. The SMILES string of the molecule is COCCc1c(C(=O)OC)nnn1CCOCCC(C)C. The van der Waals surface area contributed by atoms with Crippen LogP contribution in [0.15, 0.2) is 0 Å². The van der Waals surface area contributed by atoms with Gasteiger partial charge >= 0.3 is 5.97 Å². The first kappa shape index (κ1) is 17.6. The highest BCUT2D eigenvalue weighted by Gasteiger charge is 2.19. The van der Waals surface area contributed by atoms with Gasteiger partial charge in [0.15, 0.2) is 5.69 Å². The van der Waals surface area contributed by atoms with Crippen molar-refractivity contribution in [1.82, 2.24) is 15.0 Å². The van der Waals surface area contributed by atoms with Gasteiger partial charge in [-0.2, -0.15) is 0 Å². The number of hydrogen-bond acceptors (Lipinski definition) is 6. The largest absolute Gasteiger partial charge is 0.464 e. The topological polar surface area (TPSA) is 75.5 Å². The Bertz CT molecular complexity index is 432. The summed E-state index contributed by atoms with van der Waals surface area (Å²) in [4.78, 5) is 11.7. The molecule has 0 aliphatic heterocycles. The molecule has 1 heterocycles. The molecule has 7 nitrogen and oxygen atoms in total. The van der Waals surface area contributed by atoms with Crippen LogP contribution in [-0.4, -0.2) is 55.0 Å². The summed E-state index contributed by atoms with van der Waals surface area (Å²) < 4.78 is 17.0. The van der Waals surface area contributed by atoms with Crippen LogP contribution in [0.2, 0.25) is 0 Å². The quantitative estimate of drug-likeness (QED) is 0.479. The van der Waals surface area contributed by atoms with Gasteiger partial charge in [-0.05, 0) is 12.3 Å². The lowest BCUT2D eigenvalue weighted by molar-refractivity contribution is 0.0591. The molecular formula is C14H25N3O4. The summed E-state index contributed by atoms with van der Waals surface area (Å²) in [6.07, 6.45) is 1.58. The van der Waals surface area contributed by atoms with Crippen LogP contribution < -0.4 is 0 Å². The van der Waals surface area contributed by atoms with Crippen LogP contribution in [0.3, 0.4) is 0 Å². The molecule has 120 valence electrons. The van der Waals surface area contributed by atoms with Crippen molar-refractivity contribution in [1.29, 1.82) is 0 Å². The molecule has 0 amide bonds. The molecule has 1 aromatic rings. The molecule has 0 saturated carbocycles. The first-order valence-electron chi connectivity index (χ1n) is 7.17. The summed E-state index contributed by atoms with van der Waals surface area (Å²) in [5.41, 5.74) is 0.966. The standard InChI is InChI=1S/C14H25N3O4/c1-11(2)5-9-21-10-7-17-12(6-8-19-3)13(15-16-17)14(18)20-4/h11H,5-10H2,1-4H3. The molecule has 0 spiro atoms. The highest BCUT2D eigenvalue weighted by molar-refractivity contribution is 5.88. The van der Waals surface area contributed by atoms with Crippen molar-refractivity contribution in [2.45, 2.75) is 33.2 Å². The molecule has 0 aliphatic rings. The molecule has 1 aromatic heterocycles. The molecule has 0 N–H and O–H groups in total. The summed E-state index contributed by atoms with van der Waals surface area (Å²) >= 11 is 0. The molecule has 0 unspecified atom stereocenters. The lowest BCUT2D eigenvalue weighted by atomic mass is 10.1. The smallest absolute Gasteiger partial charge is 0.360 e. The van der Waals surface area contributed by atoms with Gasteiger partial charge in [0.1, 0.15) is 0 Å². The van der Waals surface area contributed by atoms with Gasteiger partial charge in [0.05, 0.1) is 32.6 Å². The Hall–Kier alpha value is -1.47. The molecule has 0 bridgehead atoms. The van der Waals surface area contributed by atoms with E-state index in [0.29, 0.717) is 32.1 Å². The minimum absolute atomic E-state index is 0.247. The molecule has 21 heavy (non-hydrogen) atoms. The van der Waals surface area contributed by atoms with E-state index in [2.05, 4.69) is 24.2 Å². The third kappa shape index (κ3) is 5.81. The van der Waals surface area contributed by atoms with Crippen molar-refractivity contribution < 1.29 is 19.0 Å². The number of ether oxygens (including phenoxy) is 3. The maximum Gasteiger partial charge on any atom is 0.360 e. The zero-order chi connectivity index (χ0) is 15.7. The van der Waals surface area contributed by atoms with Crippen molar-refractivity contribution in [3.63, 3.8) is 0 Å². The molecule has 0 radical (unpaired) electrons. The lowest BCUT2D eigenvalue weighted by Gasteiger charge is -2.09. The van der Waals surface area contributed by atoms with E-state index in [1.807, 2.05) is 0 Å². The Morgan fingerprint density at radius 2 is 2.00 bits per heavy atom. The average Bonchev–Trinajstić information content (AvgIpc) is 2.86. The highest BCUT2D eigenvalue weighted by Crippen LogP contribution is 2.08. The Morgan fingerprint density at radius 3 is 2.62 bits per heavy atom. The number of nitrogens with zero attached hydrogens (tertiary/aromatic N) is 3. The Labute approximate surface area is 125 Å². The summed E-state index contributed by atoms with van der Waals surface area (Å²) in [6.45, 7) is 6.63. The number of carbonyl (C=O) groups is 1. The molecule has 1 rings (SSSR count). The normalized spacial score (nSPS) is 11.1. The first-order valence-corrected chi connectivity index (χ1v) is 7.17. The van der Waals surface area contributed by atoms with Crippen LogP contribution in [0, 0.1) is 5.92 Å². The summed E-state index contributed by atoms with van der Waals surface area (Å²) in [5, 5.41) is 7.90. The van der Waals surface area contributed by atoms with E-state index in [0.717, 1.165) is 18.7 Å². The van der Waals surface area contributed by atoms with E-state index in [1.54, 1.807) is 11.8 Å². The molecule has 0 saturated heterocycles. The molecule has 7 heteroatoms. The van der Waals surface area contributed by atoms with Crippen molar-refractivity contribution >= 4 is 5.97 Å². The highest BCUT2D eigenvalue weighted by atomic mass is 16.5. The third-order valence-corrected chi connectivity index (χ3v) is 3.05. The Balaban J connectivity index is 2.59. The van der Waals surface area contributed by atoms with Gasteiger partial charge in [-0.15, -0.1) is 5.10 Å². The van der Waals surface area contributed by atoms with E-state index in [-0.39, 0.29) is 5.69 Å². The van der Waals surface area contributed by atoms with Crippen LogP contribution in [0.4, 0.5) is 0 Å². The van der Waals surface area contributed by atoms with Crippen LogP contribution in [0.5, 0.6) is 0 Å². The van der Waals surface area contributed by atoms with Gasteiger partial charge in [-0.3, -0.25) is 0 Å². The van der Waals surface area contributed by atoms with E-state index in [1.165, 1.54) is 7.11 Å². The second-order valence-electron chi connectivity index (χ2n) is 5.14. The van der Waals surface area contributed by atoms with Crippen molar-refractivity contribution in [3.05, 3.63) is 11.4 Å². The number of aromatic nitrogens is 3. The predicted octanol–water partition coefficient (Wildman–Crippen LogP) is 1.32. The zero-order valence-corrected chi connectivity index (χ0v) is 13.3. The molecule has 0 atom stereocenters. The number of methoxy groups -OCH3 is 2. The van der Waals surface area contributed by atoms with Crippen molar-refractivity contribution in [2.24, 2.45) is 5.92 Å². The molecular weight excluding hydrogens is 274 g/mol. The van der Waals surface area contributed by atoms with Crippen molar-refractivity contribution in [2.75, 3.05) is 34.0 Å². The van der Waals surface area contributed by atoms with Crippen molar-refractivity contribution in [3.8, 4) is 0 Å². The zero-order valence-electron chi connectivity index (χ0n) is 13.3. The van der Waals surface area contributed by atoms with Gasteiger partial charge in [-0.25, -0.2) is 9.48 Å². The minimum Gasteiger partial charge on any atom is -0.464 e. The fourth-order valence-electron chi connectivity index (χ4n) is 1.79. The van der Waals surface area contributed by atoms with Gasteiger partial charge in [0.25, 0.3) is 0 Å². The predicted molar refractivity (Wildman–Crippen MR) is 77.2 cm³/mol. The van der Waals surface area contributed by atoms with Gasteiger partial charge < -0.3 is 14.2 Å². The lowest BCUT2D eigenvalue weighted by Crippen LogP contribution is -2.15. The molecule has 0 aromatic carbocycles. The monoisotopic (exact) mass is 299 g/mol. The fourth-order valence-corrected chi connectivity index (χ4v) is 1.79. The fraction of sp³-hybridized carbons (Fsp3) is 0.786. The van der Waals surface area contributed by atoms with E-state index in [4.69, 9.17) is 14.2 Å². The van der Waals surface area contributed by atoms with Crippen LogP contribution >= 0.6 is 0 Å². The number of hydrogen-bond donors (Lipinski definition) is 0. The summed E-state index contributed by atoms with van der Waals surface area (Å²) in [5.74, 6) is 0.146. The van der Waals surface area contributed by atoms with Gasteiger partial charge in [0.2, 0.25) is 0 Å². The van der Waals surface area contributed by atoms with Gasteiger partial charge in [-0.1, -0.05) is 19.1 Å². The Morgan fingerprint density at radius 1 is 1.24 bits per heavy atom. The number of rotatable bonds is 10. The Kier molecular flexibility index (Phi) is 7.92. The van der Waals surface area contributed by atoms with Gasteiger partial charge in [0, 0.05) is 20.1 Å². The maximum atomic E-state index is 11.7. The summed E-state index contributed by atoms with van der Waals surface area (Å²) in [6, 6.07) is 0. The van der Waals surface area contributed by atoms with Crippen LogP contribution in [-0.2, 0) is 27.2 Å². The van der Waals surface area contributed by atoms with Crippen LogP contribution in [0.1, 0.15) is 36.5 Å². The second-order valence-corrected chi connectivity index (χ2v) is 5.14. The molecule has 0 fully saturated rings. The van der Waals surface area contributed by atoms with E-state index in [9.17, 15) is 4.79 Å². The second kappa shape index (κ2) is 9.46. The van der Waals surface area contributed by atoms with Crippen LogP contribution in [0.25, 0.3) is 0 Å². The van der Waals surface area contributed by atoms with E-state index < -0.39 is 5.97 Å². The minimum atomic E-state index is -0.479. The molecule has 0 aliphatic carbocycles. The average molecular weight is 299 g/mol. The summed E-state index contributed by atoms with van der Waals surface area (Å²) in [7, 11) is 2.94.